The number of hydrogen-bond acceptors (Lipinski definition) is 2. The highest BCUT2D eigenvalue weighted by molar-refractivity contribution is 6.30. The zero-order valence-electron chi connectivity index (χ0n) is 8.25. The van der Waals surface area contributed by atoms with Crippen molar-refractivity contribution in [2.75, 3.05) is 18.7 Å². The molecule has 1 rings (SSSR count). The molecule has 1 amide bonds. The molecule has 0 bridgehead atoms. The first-order chi connectivity index (χ1) is 7.65. The molecule has 0 aliphatic heterocycles. The van der Waals surface area contributed by atoms with Crippen LogP contribution in [0.25, 0.3) is 0 Å². The van der Waals surface area contributed by atoms with Crippen LogP contribution in [0, 0.1) is 0 Å². The maximum Gasteiger partial charge on any atom is 0.412 e. The van der Waals surface area contributed by atoms with Crippen LogP contribution < -0.4 is 5.32 Å². The standard InChI is InChI=1S/C10H10ClF2NO2/c11-7-2-1-3-8(4-7)14-10(15)16-9(5-12)6-13/h1-4,9H,5-6H2,(H,14,15). The van der Waals surface area contributed by atoms with E-state index in [2.05, 4.69) is 10.1 Å². The quantitative estimate of drug-likeness (QED) is 0.890. The summed E-state index contributed by atoms with van der Waals surface area (Å²) in [5, 5.41) is 2.74. The van der Waals surface area contributed by atoms with Crippen molar-refractivity contribution in [3.63, 3.8) is 0 Å². The molecular weight excluding hydrogens is 240 g/mol. The second-order valence-electron chi connectivity index (χ2n) is 2.97. The van der Waals surface area contributed by atoms with Crippen molar-refractivity contribution in [1.82, 2.24) is 0 Å². The van der Waals surface area contributed by atoms with Gasteiger partial charge in [0.05, 0.1) is 0 Å². The molecule has 1 N–H and O–H groups in total. The fourth-order valence-electron chi connectivity index (χ4n) is 0.969. The number of ether oxygens (including phenoxy) is 1. The Bertz CT molecular complexity index is 358. The second kappa shape index (κ2) is 6.27. The normalized spacial score (nSPS) is 10.2. The Labute approximate surface area is 96.4 Å². The van der Waals surface area contributed by atoms with Crippen molar-refractivity contribution in [2.45, 2.75) is 6.10 Å². The average molecular weight is 250 g/mol. The summed E-state index contributed by atoms with van der Waals surface area (Å²) in [6.45, 7) is -2.11. The monoisotopic (exact) mass is 249 g/mol. The van der Waals surface area contributed by atoms with Crippen LogP contribution in [-0.4, -0.2) is 25.5 Å². The van der Waals surface area contributed by atoms with E-state index in [0.717, 1.165) is 0 Å². The van der Waals surface area contributed by atoms with Crippen molar-refractivity contribution < 1.29 is 18.3 Å². The summed E-state index contributed by atoms with van der Waals surface area (Å²) in [5.41, 5.74) is 0.397. The van der Waals surface area contributed by atoms with E-state index in [1.165, 1.54) is 6.07 Å². The van der Waals surface area contributed by atoms with Gasteiger partial charge < -0.3 is 4.74 Å². The summed E-state index contributed by atoms with van der Waals surface area (Å²) in [4.78, 5) is 11.1. The summed E-state index contributed by atoms with van der Waals surface area (Å²) in [6.07, 6.45) is -2.28. The molecule has 0 atom stereocenters. The number of amides is 1. The number of nitrogens with one attached hydrogen (secondary N) is 1. The number of benzene rings is 1. The lowest BCUT2D eigenvalue weighted by Crippen LogP contribution is -2.25. The van der Waals surface area contributed by atoms with Gasteiger partial charge in [0.25, 0.3) is 0 Å². The predicted octanol–water partition coefficient (Wildman–Crippen LogP) is 3.20. The van der Waals surface area contributed by atoms with Crippen LogP contribution in [0.1, 0.15) is 0 Å². The van der Waals surface area contributed by atoms with E-state index >= 15 is 0 Å². The van der Waals surface area contributed by atoms with Gasteiger partial charge in [0.2, 0.25) is 0 Å². The van der Waals surface area contributed by atoms with Gasteiger partial charge in [0.1, 0.15) is 13.3 Å². The summed E-state index contributed by atoms with van der Waals surface area (Å²) >= 11 is 5.68. The molecule has 6 heteroatoms. The molecule has 0 unspecified atom stereocenters. The summed E-state index contributed by atoms with van der Waals surface area (Å²) in [7, 11) is 0. The lowest BCUT2D eigenvalue weighted by molar-refractivity contribution is 0.0757. The highest BCUT2D eigenvalue weighted by Crippen LogP contribution is 2.15. The van der Waals surface area contributed by atoms with E-state index in [1.807, 2.05) is 0 Å². The Morgan fingerprint density at radius 1 is 1.44 bits per heavy atom. The minimum absolute atomic E-state index is 0.397. The third-order valence-corrected chi connectivity index (χ3v) is 1.92. The van der Waals surface area contributed by atoms with Crippen molar-refractivity contribution in [1.29, 1.82) is 0 Å². The molecular formula is C10H10ClF2NO2. The lowest BCUT2D eigenvalue weighted by atomic mass is 10.3. The number of anilines is 1. The van der Waals surface area contributed by atoms with Crippen molar-refractivity contribution >= 4 is 23.4 Å². The lowest BCUT2D eigenvalue weighted by Gasteiger charge is -2.11. The first-order valence-electron chi connectivity index (χ1n) is 4.51. The van der Waals surface area contributed by atoms with Gasteiger partial charge in [-0.3, -0.25) is 5.32 Å². The van der Waals surface area contributed by atoms with E-state index < -0.39 is 25.5 Å². The van der Waals surface area contributed by atoms with Crippen molar-refractivity contribution in [2.24, 2.45) is 0 Å². The second-order valence-corrected chi connectivity index (χ2v) is 3.41. The van der Waals surface area contributed by atoms with Gasteiger partial charge in [-0.25, -0.2) is 13.6 Å². The molecule has 1 aromatic rings. The first-order valence-corrected chi connectivity index (χ1v) is 4.88. The van der Waals surface area contributed by atoms with Crippen LogP contribution in [0.4, 0.5) is 19.3 Å². The van der Waals surface area contributed by atoms with Gasteiger partial charge in [-0.05, 0) is 18.2 Å². The van der Waals surface area contributed by atoms with Crippen LogP contribution in [0.15, 0.2) is 24.3 Å². The maximum atomic E-state index is 12.1. The third-order valence-electron chi connectivity index (χ3n) is 1.69. The van der Waals surface area contributed by atoms with Crippen LogP contribution in [0.5, 0.6) is 0 Å². The molecule has 0 aliphatic rings. The average Bonchev–Trinajstić information content (AvgIpc) is 2.26. The Morgan fingerprint density at radius 3 is 2.69 bits per heavy atom. The fourth-order valence-corrected chi connectivity index (χ4v) is 1.16. The Hall–Kier alpha value is -1.36. The molecule has 0 saturated carbocycles. The van der Waals surface area contributed by atoms with Gasteiger partial charge in [-0.2, -0.15) is 0 Å². The molecule has 1 aromatic carbocycles. The number of carbonyl (C=O) groups excluding carboxylic acids is 1. The molecule has 0 fully saturated rings. The molecule has 0 aliphatic carbocycles. The SMILES string of the molecule is O=C(Nc1cccc(Cl)c1)OC(CF)CF. The van der Waals surface area contributed by atoms with Crippen LogP contribution in [0.2, 0.25) is 5.02 Å². The topological polar surface area (TPSA) is 38.3 Å². The molecule has 0 saturated heterocycles. The van der Waals surface area contributed by atoms with Crippen LogP contribution in [-0.2, 0) is 4.74 Å². The summed E-state index contributed by atoms with van der Waals surface area (Å²) < 4.78 is 28.6. The highest BCUT2D eigenvalue weighted by Gasteiger charge is 2.13. The van der Waals surface area contributed by atoms with Gasteiger partial charge in [0.15, 0.2) is 6.10 Å². The smallest absolute Gasteiger partial charge is 0.412 e. The minimum atomic E-state index is -1.36. The van der Waals surface area contributed by atoms with Gasteiger partial charge >= 0.3 is 6.09 Å². The molecule has 16 heavy (non-hydrogen) atoms. The van der Waals surface area contributed by atoms with E-state index in [-0.39, 0.29) is 0 Å². The molecule has 0 spiro atoms. The molecule has 0 aromatic heterocycles. The van der Waals surface area contributed by atoms with E-state index in [1.54, 1.807) is 18.2 Å². The minimum Gasteiger partial charge on any atom is -0.440 e. The van der Waals surface area contributed by atoms with E-state index in [9.17, 15) is 13.6 Å². The number of halogens is 3. The molecule has 88 valence electrons. The summed E-state index contributed by atoms with van der Waals surface area (Å²) in [5.74, 6) is 0. The predicted molar refractivity (Wildman–Crippen MR) is 57.3 cm³/mol. The molecule has 0 radical (unpaired) electrons. The fraction of sp³-hybridized carbons (Fsp3) is 0.300. The highest BCUT2D eigenvalue weighted by atomic mass is 35.5. The van der Waals surface area contributed by atoms with E-state index in [0.29, 0.717) is 10.7 Å². The first kappa shape index (κ1) is 12.7. The van der Waals surface area contributed by atoms with Crippen molar-refractivity contribution in [3.05, 3.63) is 29.3 Å². The zero-order valence-corrected chi connectivity index (χ0v) is 9.01. The number of carbonyl (C=O) groups is 1. The third kappa shape index (κ3) is 4.02. The Morgan fingerprint density at radius 2 is 2.12 bits per heavy atom. The van der Waals surface area contributed by atoms with Crippen LogP contribution >= 0.6 is 11.6 Å². The Balaban J connectivity index is 2.51. The Kier molecular flexibility index (Phi) is 4.98. The van der Waals surface area contributed by atoms with Gasteiger partial charge in [0, 0.05) is 10.7 Å². The number of alkyl halides is 2. The number of rotatable bonds is 4. The number of hydrogen-bond donors (Lipinski definition) is 1. The summed E-state index contributed by atoms with van der Waals surface area (Å²) in [6, 6.07) is 6.32. The molecule has 3 nitrogen and oxygen atoms in total. The zero-order chi connectivity index (χ0) is 12.0. The molecule has 0 heterocycles. The maximum absolute atomic E-state index is 12.1. The van der Waals surface area contributed by atoms with Gasteiger partial charge in [-0.1, -0.05) is 17.7 Å². The van der Waals surface area contributed by atoms with Crippen LogP contribution in [0.3, 0.4) is 0 Å². The van der Waals surface area contributed by atoms with Gasteiger partial charge in [-0.15, -0.1) is 0 Å². The van der Waals surface area contributed by atoms with E-state index in [4.69, 9.17) is 11.6 Å². The van der Waals surface area contributed by atoms with Crippen molar-refractivity contribution in [3.8, 4) is 0 Å². The largest absolute Gasteiger partial charge is 0.440 e.